The lowest BCUT2D eigenvalue weighted by molar-refractivity contribution is 0.102. The van der Waals surface area contributed by atoms with Gasteiger partial charge in [0, 0.05) is 11.6 Å². The summed E-state index contributed by atoms with van der Waals surface area (Å²) < 4.78 is 13.0. The number of thioether (sulfide) groups is 1. The molecular weight excluding hydrogens is 410 g/mol. The number of hydrogen-bond donors (Lipinski definition) is 0. The predicted octanol–water partition coefficient (Wildman–Crippen LogP) is 5.52. The third-order valence-corrected chi connectivity index (χ3v) is 7.91. The second kappa shape index (κ2) is 8.54. The number of nitrogens with zero attached hydrogens (tertiary/aromatic N) is 3. The Labute approximate surface area is 186 Å². The summed E-state index contributed by atoms with van der Waals surface area (Å²) in [7, 11) is 1.62. The molecule has 3 aromatic rings. The molecule has 2 aromatic heterocycles. The van der Waals surface area contributed by atoms with Crippen LogP contribution in [0.3, 0.4) is 0 Å². The van der Waals surface area contributed by atoms with Crippen LogP contribution in [0.2, 0.25) is 0 Å². The SMILES string of the molecule is COc1ccc(C(=O)CSc2nnc(-c3ccco3)n2C(C)C2CC3CCC2C3)cc1. The van der Waals surface area contributed by atoms with Gasteiger partial charge in [0.2, 0.25) is 5.82 Å². The molecule has 5 rings (SSSR count). The van der Waals surface area contributed by atoms with Gasteiger partial charge in [0.1, 0.15) is 5.75 Å². The lowest BCUT2D eigenvalue weighted by atomic mass is 9.84. The first-order chi connectivity index (χ1) is 15.1. The van der Waals surface area contributed by atoms with Crippen molar-refractivity contribution in [3.05, 3.63) is 48.2 Å². The second-order valence-electron chi connectivity index (χ2n) is 8.67. The first-order valence-electron chi connectivity index (χ1n) is 10.9. The molecular formula is C24H27N3O3S. The zero-order chi connectivity index (χ0) is 21.4. The van der Waals surface area contributed by atoms with Gasteiger partial charge in [-0.05, 0) is 80.3 Å². The van der Waals surface area contributed by atoms with Crippen molar-refractivity contribution in [2.45, 2.75) is 43.8 Å². The maximum absolute atomic E-state index is 12.8. The molecule has 4 atom stereocenters. The fourth-order valence-corrected chi connectivity index (χ4v) is 6.30. The fraction of sp³-hybridized carbons (Fsp3) is 0.458. The van der Waals surface area contributed by atoms with Crippen molar-refractivity contribution in [2.75, 3.05) is 12.9 Å². The van der Waals surface area contributed by atoms with Gasteiger partial charge in [-0.3, -0.25) is 9.36 Å². The van der Waals surface area contributed by atoms with E-state index in [0.717, 1.165) is 34.3 Å². The van der Waals surface area contributed by atoms with Crippen LogP contribution in [-0.2, 0) is 0 Å². The Morgan fingerprint density at radius 3 is 2.71 bits per heavy atom. The van der Waals surface area contributed by atoms with Gasteiger partial charge < -0.3 is 9.15 Å². The Kier molecular flexibility index (Phi) is 5.61. The Bertz CT molecular complexity index is 1040. The summed E-state index contributed by atoms with van der Waals surface area (Å²) in [5.41, 5.74) is 0.673. The van der Waals surface area contributed by atoms with Gasteiger partial charge in [-0.2, -0.15) is 0 Å². The minimum absolute atomic E-state index is 0.0642. The van der Waals surface area contributed by atoms with Crippen molar-refractivity contribution in [1.82, 2.24) is 14.8 Å². The van der Waals surface area contributed by atoms with E-state index < -0.39 is 0 Å². The summed E-state index contributed by atoms with van der Waals surface area (Å²) >= 11 is 1.45. The van der Waals surface area contributed by atoms with E-state index in [9.17, 15) is 4.79 Å². The van der Waals surface area contributed by atoms with Gasteiger partial charge in [-0.1, -0.05) is 18.2 Å². The first-order valence-corrected chi connectivity index (χ1v) is 11.9. The Hall–Kier alpha value is -2.54. The number of carbonyl (C=O) groups is 1. The molecule has 7 heteroatoms. The number of Topliss-reactive ketones (excluding diaryl/α,β-unsaturated/α-hetero) is 1. The minimum atomic E-state index is 0.0642. The molecule has 0 radical (unpaired) electrons. The van der Waals surface area contributed by atoms with Gasteiger partial charge in [-0.25, -0.2) is 0 Å². The standard InChI is InChI=1S/C24H27N3O3S/c1-15(20-13-16-5-6-18(20)12-16)27-23(22-4-3-11-30-22)25-26-24(27)31-14-21(28)17-7-9-19(29-2)10-8-17/h3-4,7-11,15-16,18,20H,5-6,12-14H2,1-2H3. The summed E-state index contributed by atoms with van der Waals surface area (Å²) in [6.07, 6.45) is 6.99. The average Bonchev–Trinajstić information content (AvgIpc) is 3.60. The Balaban J connectivity index is 1.38. The number of ketones is 1. The van der Waals surface area contributed by atoms with Crippen LogP contribution in [-0.4, -0.2) is 33.4 Å². The quantitative estimate of drug-likeness (QED) is 0.341. The zero-order valence-electron chi connectivity index (χ0n) is 17.9. The largest absolute Gasteiger partial charge is 0.497 e. The van der Waals surface area contributed by atoms with Crippen molar-refractivity contribution in [2.24, 2.45) is 17.8 Å². The van der Waals surface area contributed by atoms with Crippen molar-refractivity contribution in [3.63, 3.8) is 0 Å². The number of methoxy groups -OCH3 is 1. The van der Waals surface area contributed by atoms with Crippen LogP contribution >= 0.6 is 11.8 Å². The number of carbonyl (C=O) groups excluding carboxylic acids is 1. The van der Waals surface area contributed by atoms with E-state index in [2.05, 4.69) is 21.7 Å². The summed E-state index contributed by atoms with van der Waals surface area (Å²) in [4.78, 5) is 12.8. The van der Waals surface area contributed by atoms with Gasteiger partial charge >= 0.3 is 0 Å². The van der Waals surface area contributed by atoms with E-state index in [0.29, 0.717) is 17.2 Å². The third-order valence-electron chi connectivity index (χ3n) is 6.97. The molecule has 0 amide bonds. The summed E-state index contributed by atoms with van der Waals surface area (Å²) in [5.74, 6) is 4.86. The van der Waals surface area contributed by atoms with E-state index in [4.69, 9.17) is 9.15 Å². The highest BCUT2D eigenvalue weighted by atomic mass is 32.2. The highest BCUT2D eigenvalue weighted by molar-refractivity contribution is 7.99. The molecule has 4 unspecified atom stereocenters. The van der Waals surface area contributed by atoms with Gasteiger partial charge in [0.05, 0.1) is 19.1 Å². The second-order valence-corrected chi connectivity index (χ2v) is 9.62. The van der Waals surface area contributed by atoms with Crippen LogP contribution in [0.25, 0.3) is 11.6 Å². The zero-order valence-corrected chi connectivity index (χ0v) is 18.7. The number of furan rings is 1. The van der Waals surface area contributed by atoms with Crippen molar-refractivity contribution < 1.29 is 13.9 Å². The van der Waals surface area contributed by atoms with E-state index in [1.165, 1.54) is 37.4 Å². The van der Waals surface area contributed by atoms with E-state index in [1.807, 2.05) is 24.3 Å². The molecule has 31 heavy (non-hydrogen) atoms. The molecule has 162 valence electrons. The van der Waals surface area contributed by atoms with Crippen LogP contribution in [0, 0.1) is 17.8 Å². The smallest absolute Gasteiger partial charge is 0.200 e. The number of ether oxygens (including phenoxy) is 1. The molecule has 1 aromatic carbocycles. The number of benzene rings is 1. The lowest BCUT2D eigenvalue weighted by Crippen LogP contribution is -2.23. The fourth-order valence-electron chi connectivity index (χ4n) is 5.38. The van der Waals surface area contributed by atoms with Crippen LogP contribution < -0.4 is 4.74 Å². The summed E-state index contributed by atoms with van der Waals surface area (Å²) in [6, 6.07) is 11.3. The van der Waals surface area contributed by atoms with Gasteiger partial charge in [0.25, 0.3) is 0 Å². The van der Waals surface area contributed by atoms with Crippen LogP contribution in [0.4, 0.5) is 0 Å². The molecule has 0 N–H and O–H groups in total. The summed E-state index contributed by atoms with van der Waals surface area (Å²) in [6.45, 7) is 2.27. The van der Waals surface area contributed by atoms with Crippen LogP contribution in [0.5, 0.6) is 5.75 Å². The number of rotatable bonds is 8. The average molecular weight is 438 g/mol. The molecule has 2 saturated carbocycles. The Morgan fingerprint density at radius 2 is 2.06 bits per heavy atom. The van der Waals surface area contributed by atoms with Crippen molar-refractivity contribution in [1.29, 1.82) is 0 Å². The van der Waals surface area contributed by atoms with Gasteiger partial charge in [-0.15, -0.1) is 10.2 Å². The lowest BCUT2D eigenvalue weighted by Gasteiger charge is -2.30. The van der Waals surface area contributed by atoms with Crippen molar-refractivity contribution >= 4 is 17.5 Å². The molecule has 2 aliphatic carbocycles. The number of aromatic nitrogens is 3. The van der Waals surface area contributed by atoms with E-state index in [-0.39, 0.29) is 11.8 Å². The molecule has 0 saturated heterocycles. The normalized spacial score (nSPS) is 23.2. The monoisotopic (exact) mass is 437 g/mol. The van der Waals surface area contributed by atoms with Gasteiger partial charge in [0.15, 0.2) is 16.7 Å². The third kappa shape index (κ3) is 3.91. The minimum Gasteiger partial charge on any atom is -0.497 e. The topological polar surface area (TPSA) is 70.2 Å². The van der Waals surface area contributed by atoms with Crippen LogP contribution in [0.15, 0.2) is 52.2 Å². The van der Waals surface area contributed by atoms with Crippen molar-refractivity contribution in [3.8, 4) is 17.3 Å². The Morgan fingerprint density at radius 1 is 1.23 bits per heavy atom. The van der Waals surface area contributed by atoms with E-state index >= 15 is 0 Å². The van der Waals surface area contributed by atoms with E-state index in [1.54, 1.807) is 25.5 Å². The highest BCUT2D eigenvalue weighted by Gasteiger charge is 2.43. The summed E-state index contributed by atoms with van der Waals surface area (Å²) in [5, 5.41) is 9.70. The number of fused-ring (bicyclic) bond motifs is 2. The molecule has 2 bridgehead atoms. The molecule has 0 aliphatic heterocycles. The maximum Gasteiger partial charge on any atom is 0.200 e. The highest BCUT2D eigenvalue weighted by Crippen LogP contribution is 2.53. The molecule has 2 aliphatic rings. The molecule has 2 heterocycles. The molecule has 0 spiro atoms. The molecule has 6 nitrogen and oxygen atoms in total. The first kappa shape index (κ1) is 20.4. The van der Waals surface area contributed by atoms with Crippen LogP contribution in [0.1, 0.15) is 49.0 Å². The maximum atomic E-state index is 12.8. The molecule has 2 fully saturated rings. The number of hydrogen-bond acceptors (Lipinski definition) is 6. The predicted molar refractivity (Wildman–Crippen MR) is 119 cm³/mol.